The molecule has 2 N–H and O–H groups in total. The molecule has 0 saturated heterocycles. The second-order valence-corrected chi connectivity index (χ2v) is 6.86. The van der Waals surface area contributed by atoms with Gasteiger partial charge in [0.15, 0.2) is 0 Å². The molecule has 1 atom stereocenters. The molecule has 0 saturated carbocycles. The van der Waals surface area contributed by atoms with Crippen LogP contribution in [0, 0.1) is 12.8 Å². The molecule has 0 bridgehead atoms. The number of anilines is 1. The van der Waals surface area contributed by atoms with Gasteiger partial charge in [0, 0.05) is 11.7 Å². The predicted octanol–water partition coefficient (Wildman–Crippen LogP) is 4.48. The van der Waals surface area contributed by atoms with E-state index in [1.807, 2.05) is 31.2 Å². The van der Waals surface area contributed by atoms with Crippen LogP contribution in [-0.4, -0.2) is 12.5 Å². The van der Waals surface area contributed by atoms with Gasteiger partial charge in [-0.05, 0) is 49.4 Å². The van der Waals surface area contributed by atoms with Gasteiger partial charge in [-0.3, -0.25) is 4.79 Å². The summed E-state index contributed by atoms with van der Waals surface area (Å²) in [7, 11) is 0. The Kier molecular flexibility index (Phi) is 6.56. The molecule has 2 aromatic carbocycles. The molecule has 0 spiro atoms. The van der Waals surface area contributed by atoms with Crippen LogP contribution in [0.15, 0.2) is 48.5 Å². The second kappa shape index (κ2) is 8.65. The van der Waals surface area contributed by atoms with Crippen molar-refractivity contribution in [2.45, 2.75) is 40.2 Å². The van der Waals surface area contributed by atoms with Gasteiger partial charge in [-0.2, -0.15) is 0 Å². The summed E-state index contributed by atoms with van der Waals surface area (Å²) in [4.78, 5) is 12.0. The van der Waals surface area contributed by atoms with Crippen molar-refractivity contribution in [3.05, 3.63) is 65.2 Å². The molecule has 0 heterocycles. The van der Waals surface area contributed by atoms with Crippen LogP contribution in [0.2, 0.25) is 0 Å². The standard InChI is InChI=1S/C21H28N2O/c1-15(2)13-18-7-9-19(10-8-18)17(4)22-14-21(24)23-20-11-5-16(3)6-12-20/h5-12,15,17,22H,13-14H2,1-4H3,(H,23,24)/t17-/m0/s1. The number of aryl methyl sites for hydroxylation is 1. The van der Waals surface area contributed by atoms with E-state index in [1.165, 1.54) is 16.7 Å². The average Bonchev–Trinajstić information content (AvgIpc) is 2.55. The zero-order valence-corrected chi connectivity index (χ0v) is 15.1. The molecule has 0 fully saturated rings. The Balaban J connectivity index is 1.82. The van der Waals surface area contributed by atoms with Crippen molar-refractivity contribution < 1.29 is 4.79 Å². The van der Waals surface area contributed by atoms with Gasteiger partial charge >= 0.3 is 0 Å². The summed E-state index contributed by atoms with van der Waals surface area (Å²) in [5.74, 6) is 0.638. The van der Waals surface area contributed by atoms with Crippen LogP contribution in [0.5, 0.6) is 0 Å². The fourth-order valence-corrected chi connectivity index (χ4v) is 2.62. The number of amides is 1. The first kappa shape index (κ1) is 18.2. The molecule has 2 aromatic rings. The topological polar surface area (TPSA) is 41.1 Å². The molecule has 0 aliphatic rings. The van der Waals surface area contributed by atoms with Crippen LogP contribution in [0.25, 0.3) is 0 Å². The predicted molar refractivity (Wildman–Crippen MR) is 101 cm³/mol. The number of hydrogen-bond acceptors (Lipinski definition) is 2. The van der Waals surface area contributed by atoms with Gasteiger partial charge in [-0.1, -0.05) is 55.8 Å². The lowest BCUT2D eigenvalue weighted by molar-refractivity contribution is -0.115. The summed E-state index contributed by atoms with van der Waals surface area (Å²) in [5, 5.41) is 6.18. The first-order chi connectivity index (χ1) is 11.4. The zero-order valence-electron chi connectivity index (χ0n) is 15.1. The molecule has 1 amide bonds. The normalized spacial score (nSPS) is 12.2. The maximum absolute atomic E-state index is 12.0. The van der Waals surface area contributed by atoms with Crippen molar-refractivity contribution in [3.63, 3.8) is 0 Å². The Morgan fingerprint density at radius 1 is 0.958 bits per heavy atom. The smallest absolute Gasteiger partial charge is 0.238 e. The number of hydrogen-bond donors (Lipinski definition) is 2. The van der Waals surface area contributed by atoms with E-state index in [-0.39, 0.29) is 11.9 Å². The molecule has 2 rings (SSSR count). The lowest BCUT2D eigenvalue weighted by Gasteiger charge is -2.15. The fourth-order valence-electron chi connectivity index (χ4n) is 2.62. The highest BCUT2D eigenvalue weighted by molar-refractivity contribution is 5.92. The van der Waals surface area contributed by atoms with Gasteiger partial charge in [0.25, 0.3) is 0 Å². The molecule has 3 nitrogen and oxygen atoms in total. The highest BCUT2D eigenvalue weighted by atomic mass is 16.1. The third kappa shape index (κ3) is 5.82. The van der Waals surface area contributed by atoms with Crippen LogP contribution >= 0.6 is 0 Å². The molecule has 0 unspecified atom stereocenters. The van der Waals surface area contributed by atoms with Gasteiger partial charge in [0.1, 0.15) is 0 Å². The van der Waals surface area contributed by atoms with Crippen molar-refractivity contribution in [2.75, 3.05) is 11.9 Å². The SMILES string of the molecule is Cc1ccc(NC(=O)CN[C@@H](C)c2ccc(CC(C)C)cc2)cc1. The van der Waals surface area contributed by atoms with Crippen molar-refractivity contribution in [1.82, 2.24) is 5.32 Å². The molecule has 0 aliphatic carbocycles. The van der Waals surface area contributed by atoms with Gasteiger partial charge < -0.3 is 10.6 Å². The summed E-state index contributed by atoms with van der Waals surface area (Å²) in [5.41, 5.74) is 4.57. The number of benzene rings is 2. The van der Waals surface area contributed by atoms with E-state index in [9.17, 15) is 4.79 Å². The molecule has 0 aromatic heterocycles. The van der Waals surface area contributed by atoms with E-state index in [2.05, 4.69) is 55.7 Å². The minimum atomic E-state index is -0.0258. The largest absolute Gasteiger partial charge is 0.325 e. The van der Waals surface area contributed by atoms with Crippen molar-refractivity contribution in [1.29, 1.82) is 0 Å². The van der Waals surface area contributed by atoms with E-state index in [0.717, 1.165) is 12.1 Å². The Bertz CT molecular complexity index is 645. The number of nitrogens with one attached hydrogen (secondary N) is 2. The zero-order chi connectivity index (χ0) is 17.5. The quantitative estimate of drug-likeness (QED) is 0.788. The van der Waals surface area contributed by atoms with Crippen molar-refractivity contribution in [2.24, 2.45) is 5.92 Å². The van der Waals surface area contributed by atoms with Gasteiger partial charge in [0.05, 0.1) is 6.54 Å². The van der Waals surface area contributed by atoms with E-state index in [4.69, 9.17) is 0 Å². The maximum Gasteiger partial charge on any atom is 0.238 e. The van der Waals surface area contributed by atoms with Crippen LogP contribution in [0.3, 0.4) is 0 Å². The Labute approximate surface area is 145 Å². The van der Waals surface area contributed by atoms with Crippen molar-refractivity contribution in [3.8, 4) is 0 Å². The monoisotopic (exact) mass is 324 g/mol. The van der Waals surface area contributed by atoms with Gasteiger partial charge in [0.2, 0.25) is 5.91 Å². The average molecular weight is 324 g/mol. The summed E-state index contributed by atoms with van der Waals surface area (Å²) in [6.45, 7) is 8.86. The fraction of sp³-hybridized carbons (Fsp3) is 0.381. The van der Waals surface area contributed by atoms with Crippen molar-refractivity contribution >= 4 is 11.6 Å². The lowest BCUT2D eigenvalue weighted by atomic mass is 10.00. The minimum absolute atomic E-state index is 0.0258. The Morgan fingerprint density at radius 2 is 1.58 bits per heavy atom. The third-order valence-electron chi connectivity index (χ3n) is 4.03. The highest BCUT2D eigenvalue weighted by Crippen LogP contribution is 2.15. The molecule has 0 aliphatic heterocycles. The minimum Gasteiger partial charge on any atom is -0.325 e. The van der Waals surface area contributed by atoms with E-state index >= 15 is 0 Å². The molecular formula is C21H28N2O. The number of carbonyl (C=O) groups is 1. The first-order valence-corrected chi connectivity index (χ1v) is 8.63. The van der Waals surface area contributed by atoms with Crippen LogP contribution in [-0.2, 0) is 11.2 Å². The van der Waals surface area contributed by atoms with Crippen LogP contribution < -0.4 is 10.6 Å². The Hall–Kier alpha value is -2.13. The third-order valence-corrected chi connectivity index (χ3v) is 4.03. The van der Waals surface area contributed by atoms with Crippen LogP contribution in [0.4, 0.5) is 5.69 Å². The molecule has 0 radical (unpaired) electrons. The molecule has 3 heteroatoms. The molecular weight excluding hydrogens is 296 g/mol. The summed E-state index contributed by atoms with van der Waals surface area (Å²) >= 11 is 0. The number of carbonyl (C=O) groups excluding carboxylic acids is 1. The highest BCUT2D eigenvalue weighted by Gasteiger charge is 2.08. The summed E-state index contributed by atoms with van der Waals surface area (Å²) in [6, 6.07) is 16.6. The van der Waals surface area contributed by atoms with E-state index in [0.29, 0.717) is 12.5 Å². The maximum atomic E-state index is 12.0. The number of rotatable bonds is 7. The Morgan fingerprint density at radius 3 is 2.17 bits per heavy atom. The van der Waals surface area contributed by atoms with Gasteiger partial charge in [-0.15, -0.1) is 0 Å². The van der Waals surface area contributed by atoms with E-state index < -0.39 is 0 Å². The van der Waals surface area contributed by atoms with Gasteiger partial charge in [-0.25, -0.2) is 0 Å². The van der Waals surface area contributed by atoms with Crippen LogP contribution in [0.1, 0.15) is 43.5 Å². The summed E-state index contributed by atoms with van der Waals surface area (Å²) in [6.07, 6.45) is 1.10. The lowest BCUT2D eigenvalue weighted by Crippen LogP contribution is -2.30. The molecule has 24 heavy (non-hydrogen) atoms. The summed E-state index contributed by atoms with van der Waals surface area (Å²) < 4.78 is 0. The second-order valence-electron chi connectivity index (χ2n) is 6.86. The first-order valence-electron chi connectivity index (χ1n) is 8.63. The molecule has 128 valence electrons. The van der Waals surface area contributed by atoms with E-state index in [1.54, 1.807) is 0 Å².